The number of hydrogen-bond donors (Lipinski definition) is 2. The van der Waals surface area contributed by atoms with Crippen molar-refractivity contribution in [1.82, 2.24) is 0 Å². The van der Waals surface area contributed by atoms with E-state index in [0.717, 1.165) is 35.4 Å². The third-order valence-electron chi connectivity index (χ3n) is 10.8. The second-order valence-corrected chi connectivity index (χ2v) is 15.9. The van der Waals surface area contributed by atoms with Gasteiger partial charge in [0.2, 0.25) is 0 Å². The standard InChI is InChI=1S/C47H65FO9/c1-8-9-10-13-35-16-18-36(19-17-35)37-20-21-41(42(48)28-37)40-26-38(14-11-23-55-44(51)32(2)3)43(39(27-40)15-12-24-56-45(52)33(4)5)54-25-22-47(29-49,30-50)31-57-46(53)34(6)7/h20-21,26-28,35-36,49-50H,2,4,6,8-19,22-25,29-31H2,1,3,5,7H3. The Hall–Kier alpha value is -4.28. The molecule has 2 aromatic rings. The van der Waals surface area contributed by atoms with E-state index in [-0.39, 0.29) is 44.2 Å². The monoisotopic (exact) mass is 792 g/mol. The lowest BCUT2D eigenvalue weighted by Crippen LogP contribution is -2.37. The van der Waals surface area contributed by atoms with Crippen molar-refractivity contribution in [2.24, 2.45) is 11.3 Å². The van der Waals surface area contributed by atoms with E-state index >= 15 is 4.39 Å². The maximum Gasteiger partial charge on any atom is 0.333 e. The van der Waals surface area contributed by atoms with E-state index < -0.39 is 36.5 Å². The lowest BCUT2D eigenvalue weighted by Gasteiger charge is -2.29. The molecule has 0 saturated heterocycles. The molecule has 0 heterocycles. The molecular formula is C47H65FO9. The van der Waals surface area contributed by atoms with Crippen LogP contribution in [0.4, 0.5) is 4.39 Å². The van der Waals surface area contributed by atoms with Gasteiger partial charge in [-0.05, 0) is 131 Å². The van der Waals surface area contributed by atoms with Gasteiger partial charge in [-0.15, -0.1) is 0 Å². The zero-order chi connectivity index (χ0) is 42.0. The van der Waals surface area contributed by atoms with Crippen molar-refractivity contribution in [2.45, 2.75) is 117 Å². The van der Waals surface area contributed by atoms with Crippen LogP contribution in [-0.2, 0) is 41.4 Å². The van der Waals surface area contributed by atoms with Crippen LogP contribution in [-0.4, -0.2) is 67.8 Å². The Morgan fingerprint density at radius 3 is 1.79 bits per heavy atom. The lowest BCUT2D eigenvalue weighted by atomic mass is 9.77. The van der Waals surface area contributed by atoms with E-state index in [1.807, 2.05) is 24.3 Å². The number of halogens is 1. The molecule has 1 aliphatic carbocycles. The lowest BCUT2D eigenvalue weighted by molar-refractivity contribution is -0.145. The number of rotatable bonds is 25. The van der Waals surface area contributed by atoms with Gasteiger partial charge in [0, 0.05) is 22.3 Å². The van der Waals surface area contributed by atoms with Crippen LogP contribution in [0.25, 0.3) is 11.1 Å². The molecule has 0 bridgehead atoms. The largest absolute Gasteiger partial charge is 0.493 e. The van der Waals surface area contributed by atoms with Crippen LogP contribution in [0.15, 0.2) is 66.8 Å². The van der Waals surface area contributed by atoms with Gasteiger partial charge in [0.1, 0.15) is 18.2 Å². The number of aliphatic hydroxyl groups is 2. The summed E-state index contributed by atoms with van der Waals surface area (Å²) >= 11 is 0. The summed E-state index contributed by atoms with van der Waals surface area (Å²) in [5, 5.41) is 20.5. The van der Waals surface area contributed by atoms with Crippen LogP contribution in [0, 0.1) is 17.2 Å². The van der Waals surface area contributed by atoms with Gasteiger partial charge in [-0.2, -0.15) is 0 Å². The van der Waals surface area contributed by atoms with Gasteiger partial charge in [0.05, 0.1) is 38.4 Å². The van der Waals surface area contributed by atoms with E-state index in [1.54, 1.807) is 19.9 Å². The molecule has 0 aromatic heterocycles. The molecule has 314 valence electrons. The summed E-state index contributed by atoms with van der Waals surface area (Å²) < 4.78 is 38.7. The minimum atomic E-state index is -1.18. The Bertz CT molecular complexity index is 1630. The summed E-state index contributed by atoms with van der Waals surface area (Å²) in [5.41, 5.74) is 3.20. The maximum absolute atomic E-state index is 16.2. The molecule has 57 heavy (non-hydrogen) atoms. The molecule has 0 unspecified atom stereocenters. The minimum absolute atomic E-state index is 0.0320. The van der Waals surface area contributed by atoms with Crippen LogP contribution in [0.5, 0.6) is 5.75 Å². The molecule has 0 aliphatic heterocycles. The minimum Gasteiger partial charge on any atom is -0.493 e. The van der Waals surface area contributed by atoms with E-state index in [0.29, 0.717) is 59.6 Å². The van der Waals surface area contributed by atoms with Crippen molar-refractivity contribution in [1.29, 1.82) is 0 Å². The molecule has 1 saturated carbocycles. The maximum atomic E-state index is 16.2. The van der Waals surface area contributed by atoms with Crippen molar-refractivity contribution >= 4 is 17.9 Å². The van der Waals surface area contributed by atoms with Crippen LogP contribution in [0.2, 0.25) is 0 Å². The molecule has 0 atom stereocenters. The van der Waals surface area contributed by atoms with Gasteiger partial charge in [-0.3, -0.25) is 0 Å². The smallest absolute Gasteiger partial charge is 0.333 e. The van der Waals surface area contributed by atoms with Crippen molar-refractivity contribution in [3.63, 3.8) is 0 Å². The summed E-state index contributed by atoms with van der Waals surface area (Å²) in [6.07, 6.45) is 11.3. The molecule has 10 heteroatoms. The number of ether oxygens (including phenoxy) is 4. The summed E-state index contributed by atoms with van der Waals surface area (Å²) in [6.45, 7) is 16.9. The molecular weight excluding hydrogens is 728 g/mol. The number of benzene rings is 2. The van der Waals surface area contributed by atoms with Crippen LogP contribution < -0.4 is 4.74 Å². The molecule has 0 radical (unpaired) electrons. The highest BCUT2D eigenvalue weighted by Gasteiger charge is 2.32. The fourth-order valence-electron chi connectivity index (χ4n) is 7.14. The van der Waals surface area contributed by atoms with Crippen LogP contribution in [0.1, 0.15) is 121 Å². The number of aliphatic hydroxyl groups excluding tert-OH is 2. The van der Waals surface area contributed by atoms with Crippen molar-refractivity contribution in [3.05, 3.63) is 89.3 Å². The highest BCUT2D eigenvalue weighted by Crippen LogP contribution is 2.40. The number of esters is 3. The molecule has 2 aromatic carbocycles. The van der Waals surface area contributed by atoms with E-state index in [4.69, 9.17) is 18.9 Å². The zero-order valence-electron chi connectivity index (χ0n) is 34.7. The molecule has 0 spiro atoms. The fraction of sp³-hybridized carbons (Fsp3) is 0.553. The topological polar surface area (TPSA) is 129 Å². The summed E-state index contributed by atoms with van der Waals surface area (Å²) in [7, 11) is 0. The molecule has 0 amide bonds. The van der Waals surface area contributed by atoms with E-state index in [9.17, 15) is 24.6 Å². The second kappa shape index (κ2) is 23.8. The number of hydrogen-bond acceptors (Lipinski definition) is 9. The number of unbranched alkanes of at least 4 members (excludes halogenated alkanes) is 2. The summed E-state index contributed by atoms with van der Waals surface area (Å²) in [5.74, 6) is -0.320. The first kappa shape index (κ1) is 47.1. The van der Waals surface area contributed by atoms with Crippen LogP contribution in [0.3, 0.4) is 0 Å². The Kier molecular flexibility index (Phi) is 19.7. The third kappa shape index (κ3) is 14.9. The van der Waals surface area contributed by atoms with Gasteiger partial charge in [-0.1, -0.05) is 64.5 Å². The van der Waals surface area contributed by atoms with Gasteiger partial charge in [0.25, 0.3) is 0 Å². The third-order valence-corrected chi connectivity index (χ3v) is 10.8. The quantitative estimate of drug-likeness (QED) is 0.0438. The molecule has 1 fully saturated rings. The predicted molar refractivity (Wildman–Crippen MR) is 221 cm³/mol. The van der Waals surface area contributed by atoms with Crippen molar-refractivity contribution < 1.29 is 47.9 Å². The number of aryl methyl sites for hydroxylation is 2. The molecule has 3 rings (SSSR count). The van der Waals surface area contributed by atoms with Crippen LogP contribution >= 0.6 is 0 Å². The highest BCUT2D eigenvalue weighted by atomic mass is 19.1. The van der Waals surface area contributed by atoms with Gasteiger partial charge < -0.3 is 29.2 Å². The number of carbonyl (C=O) groups excluding carboxylic acids is 3. The van der Waals surface area contributed by atoms with Gasteiger partial charge >= 0.3 is 17.9 Å². The number of carbonyl (C=O) groups is 3. The Labute approximate surface area is 339 Å². The van der Waals surface area contributed by atoms with Gasteiger partial charge in [0.15, 0.2) is 0 Å². The second-order valence-electron chi connectivity index (χ2n) is 15.9. The summed E-state index contributed by atoms with van der Waals surface area (Å²) in [6, 6.07) is 9.36. The first-order chi connectivity index (χ1) is 27.2. The fourth-order valence-corrected chi connectivity index (χ4v) is 7.14. The average molecular weight is 793 g/mol. The molecule has 1 aliphatic rings. The van der Waals surface area contributed by atoms with Gasteiger partial charge in [-0.25, -0.2) is 18.8 Å². The first-order valence-electron chi connectivity index (χ1n) is 20.5. The summed E-state index contributed by atoms with van der Waals surface area (Å²) in [4.78, 5) is 36.4. The highest BCUT2D eigenvalue weighted by molar-refractivity contribution is 5.87. The Morgan fingerprint density at radius 1 is 0.754 bits per heavy atom. The van der Waals surface area contributed by atoms with Crippen molar-refractivity contribution in [2.75, 3.05) is 39.6 Å². The van der Waals surface area contributed by atoms with E-state index in [1.165, 1.54) is 45.4 Å². The Morgan fingerprint density at radius 2 is 1.30 bits per heavy atom. The molecule has 9 nitrogen and oxygen atoms in total. The Balaban J connectivity index is 1.96. The first-order valence-corrected chi connectivity index (χ1v) is 20.5. The average Bonchev–Trinajstić information content (AvgIpc) is 3.19. The van der Waals surface area contributed by atoms with Crippen molar-refractivity contribution in [3.8, 4) is 16.9 Å². The molecule has 2 N–H and O–H groups in total. The SMILES string of the molecule is C=C(C)C(=O)OCCCc1cc(-c2ccc(C3CCC(CCCCC)CC3)cc2F)cc(CCCOC(=O)C(=C)C)c1OCCC(CO)(CO)COC(=O)C(=C)C. The predicted octanol–water partition coefficient (Wildman–Crippen LogP) is 9.31. The normalized spacial score (nSPS) is 15.4. The van der Waals surface area contributed by atoms with E-state index in [2.05, 4.69) is 26.7 Å². The zero-order valence-corrected chi connectivity index (χ0v) is 34.7.